The van der Waals surface area contributed by atoms with Gasteiger partial charge in [-0.3, -0.25) is 4.79 Å². The molecule has 4 heterocycles. The number of nitrogens with zero attached hydrogens (tertiary/aromatic N) is 3. The van der Waals surface area contributed by atoms with Crippen LogP contribution in [0.15, 0.2) is 35.3 Å². The van der Waals surface area contributed by atoms with E-state index in [1.807, 2.05) is 0 Å². The normalized spacial score (nSPS) is 25.5. The van der Waals surface area contributed by atoms with Crippen molar-refractivity contribution in [3.8, 4) is 11.5 Å². The monoisotopic (exact) mass is 508 g/mol. The van der Waals surface area contributed by atoms with Gasteiger partial charge in [-0.2, -0.15) is 8.78 Å². The summed E-state index contributed by atoms with van der Waals surface area (Å²) in [5.41, 5.74) is 6.63. The highest BCUT2D eigenvalue weighted by atomic mass is 19.3. The van der Waals surface area contributed by atoms with Crippen LogP contribution in [0, 0.1) is 5.82 Å². The minimum atomic E-state index is -3.00. The van der Waals surface area contributed by atoms with Gasteiger partial charge in [0.2, 0.25) is 0 Å². The van der Waals surface area contributed by atoms with Gasteiger partial charge in [-0.25, -0.2) is 18.2 Å². The summed E-state index contributed by atoms with van der Waals surface area (Å²) in [5.74, 6) is -4.32. The first-order chi connectivity index (χ1) is 17.1. The number of aliphatic imine (C=N–C) groups is 1. The number of benzene rings is 2. The molecule has 2 aromatic rings. The number of hydrogen-bond acceptors (Lipinski definition) is 6. The fourth-order valence-electron chi connectivity index (χ4n) is 5.67. The molecule has 0 radical (unpaired) electrons. The molecule has 0 saturated carbocycles. The minimum absolute atomic E-state index is 0.0706. The number of likely N-dealkylation sites (tertiary alicyclic amines) is 1. The standard InChI is InChI=1S/C24H21F5N4O3/c25-15-8-16-14(17-9-24(28,29)10-33(17)23(30)31-16)7-13(15)21(34)32-5-1-2-18-20(32)12-4-3-11(35-22(26)27)6-19(12)36-18/h3-4,6-8,17-18,20,22H,1-2,5,9-10H2,(H2,30,31)/t17-,18-,20-/m0/s1. The summed E-state index contributed by atoms with van der Waals surface area (Å²) in [6.45, 7) is -3.28. The Kier molecular flexibility index (Phi) is 5.06. The molecule has 1 amide bonds. The maximum absolute atomic E-state index is 15.2. The highest BCUT2D eigenvalue weighted by molar-refractivity contribution is 5.96. The SMILES string of the molecule is NC1=Nc2cc(F)c(C(=O)N3CCC[C@@H]4Oc5cc(OC(F)F)ccc5[C@@H]43)cc2[C@@H]2CC(F)(F)CN12. The van der Waals surface area contributed by atoms with Crippen LogP contribution in [0.5, 0.6) is 11.5 Å². The van der Waals surface area contributed by atoms with Crippen molar-refractivity contribution in [1.29, 1.82) is 0 Å². The molecule has 0 aromatic heterocycles. The predicted molar refractivity (Wildman–Crippen MR) is 117 cm³/mol. The Hall–Kier alpha value is -3.57. The number of carbonyl (C=O) groups excluding carboxylic acids is 1. The van der Waals surface area contributed by atoms with Crippen molar-refractivity contribution in [2.75, 3.05) is 13.1 Å². The average molecular weight is 508 g/mol. The van der Waals surface area contributed by atoms with Gasteiger partial charge in [0.25, 0.3) is 11.8 Å². The van der Waals surface area contributed by atoms with Crippen molar-refractivity contribution < 1.29 is 36.2 Å². The van der Waals surface area contributed by atoms with Crippen LogP contribution < -0.4 is 15.2 Å². The molecule has 2 aromatic carbocycles. The lowest BCUT2D eigenvalue weighted by Crippen LogP contribution is -2.45. The molecule has 4 aliphatic rings. The second-order valence-electron chi connectivity index (χ2n) is 9.38. The van der Waals surface area contributed by atoms with Gasteiger partial charge in [0.15, 0.2) is 5.96 Å². The van der Waals surface area contributed by atoms with Crippen LogP contribution in [-0.4, -0.2) is 53.4 Å². The molecule has 0 spiro atoms. The number of hydrogen-bond donors (Lipinski definition) is 1. The van der Waals surface area contributed by atoms with Crippen LogP contribution in [0.4, 0.5) is 27.6 Å². The van der Waals surface area contributed by atoms with Gasteiger partial charge in [-0.15, -0.1) is 0 Å². The van der Waals surface area contributed by atoms with Crippen molar-refractivity contribution in [2.45, 2.75) is 50.0 Å². The van der Waals surface area contributed by atoms with E-state index in [0.29, 0.717) is 36.3 Å². The van der Waals surface area contributed by atoms with Crippen molar-refractivity contribution >= 4 is 17.6 Å². The summed E-state index contributed by atoms with van der Waals surface area (Å²) < 4.78 is 79.1. The number of halogens is 5. The molecule has 36 heavy (non-hydrogen) atoms. The van der Waals surface area contributed by atoms with Crippen LogP contribution in [0.2, 0.25) is 0 Å². The first-order valence-corrected chi connectivity index (χ1v) is 11.5. The molecule has 7 nitrogen and oxygen atoms in total. The molecular formula is C24H21F5N4O3. The summed E-state index contributed by atoms with van der Waals surface area (Å²) in [4.78, 5) is 20.5. The minimum Gasteiger partial charge on any atom is -0.487 e. The van der Waals surface area contributed by atoms with E-state index in [4.69, 9.17) is 10.5 Å². The fourth-order valence-corrected chi connectivity index (χ4v) is 5.67. The van der Waals surface area contributed by atoms with Crippen LogP contribution in [0.3, 0.4) is 0 Å². The summed E-state index contributed by atoms with van der Waals surface area (Å²) in [7, 11) is 0. The lowest BCUT2D eigenvalue weighted by atomic mass is 9.92. The Morgan fingerprint density at radius 3 is 2.81 bits per heavy atom. The predicted octanol–water partition coefficient (Wildman–Crippen LogP) is 4.51. The second kappa shape index (κ2) is 7.97. The molecule has 2 N–H and O–H groups in total. The lowest BCUT2D eigenvalue weighted by Gasteiger charge is -2.37. The molecule has 190 valence electrons. The van der Waals surface area contributed by atoms with E-state index in [1.165, 1.54) is 28.0 Å². The Morgan fingerprint density at radius 2 is 2.03 bits per heavy atom. The van der Waals surface area contributed by atoms with E-state index in [1.54, 1.807) is 6.07 Å². The summed E-state index contributed by atoms with van der Waals surface area (Å²) >= 11 is 0. The number of alkyl halides is 4. The van der Waals surface area contributed by atoms with Gasteiger partial charge < -0.3 is 25.0 Å². The van der Waals surface area contributed by atoms with Crippen molar-refractivity contribution in [3.05, 3.63) is 52.8 Å². The number of fused-ring (bicyclic) bond motifs is 6. The second-order valence-corrected chi connectivity index (χ2v) is 9.38. The number of nitrogens with two attached hydrogens (primary N) is 1. The molecule has 6 rings (SSSR count). The van der Waals surface area contributed by atoms with Crippen LogP contribution in [0.25, 0.3) is 0 Å². The third-order valence-electron chi connectivity index (χ3n) is 7.15. The third-order valence-corrected chi connectivity index (χ3v) is 7.15. The van der Waals surface area contributed by atoms with Gasteiger partial charge in [0, 0.05) is 36.2 Å². The molecule has 3 atom stereocenters. The highest BCUT2D eigenvalue weighted by Crippen LogP contribution is 2.49. The summed E-state index contributed by atoms with van der Waals surface area (Å²) in [6, 6.07) is 5.24. The molecule has 2 fully saturated rings. The molecule has 0 unspecified atom stereocenters. The Bertz CT molecular complexity index is 1290. The van der Waals surface area contributed by atoms with Crippen molar-refractivity contribution in [3.63, 3.8) is 0 Å². The third kappa shape index (κ3) is 3.61. The highest BCUT2D eigenvalue weighted by Gasteiger charge is 2.49. The largest absolute Gasteiger partial charge is 0.487 e. The van der Waals surface area contributed by atoms with E-state index >= 15 is 4.39 Å². The van der Waals surface area contributed by atoms with Gasteiger partial charge in [0.1, 0.15) is 23.4 Å². The first kappa shape index (κ1) is 22.9. The lowest BCUT2D eigenvalue weighted by molar-refractivity contribution is -0.0499. The number of guanidine groups is 1. The Labute approximate surface area is 202 Å². The number of carbonyl (C=O) groups is 1. The van der Waals surface area contributed by atoms with Gasteiger partial charge in [-0.05, 0) is 31.0 Å². The zero-order chi connectivity index (χ0) is 25.4. The Balaban J connectivity index is 1.35. The molecule has 4 aliphatic heterocycles. The molecule has 12 heteroatoms. The van der Waals surface area contributed by atoms with Crippen LogP contribution >= 0.6 is 0 Å². The van der Waals surface area contributed by atoms with Gasteiger partial charge >= 0.3 is 6.61 Å². The zero-order valence-corrected chi connectivity index (χ0v) is 18.8. The smallest absolute Gasteiger partial charge is 0.387 e. The average Bonchev–Trinajstić information content (AvgIpc) is 3.34. The zero-order valence-electron chi connectivity index (χ0n) is 18.8. The number of ether oxygens (including phenoxy) is 2. The van der Waals surface area contributed by atoms with Crippen molar-refractivity contribution in [1.82, 2.24) is 9.80 Å². The van der Waals surface area contributed by atoms with E-state index in [-0.39, 0.29) is 23.0 Å². The van der Waals surface area contributed by atoms with Crippen LogP contribution in [-0.2, 0) is 0 Å². The van der Waals surface area contributed by atoms with E-state index in [0.717, 1.165) is 6.07 Å². The molecule has 2 saturated heterocycles. The maximum Gasteiger partial charge on any atom is 0.387 e. The number of piperidine rings is 1. The van der Waals surface area contributed by atoms with E-state index < -0.39 is 55.4 Å². The van der Waals surface area contributed by atoms with Crippen molar-refractivity contribution in [2.24, 2.45) is 10.7 Å². The van der Waals surface area contributed by atoms with E-state index in [2.05, 4.69) is 9.73 Å². The summed E-state index contributed by atoms with van der Waals surface area (Å²) in [6.07, 6.45) is 0.237. The topological polar surface area (TPSA) is 80.4 Å². The van der Waals surface area contributed by atoms with E-state index in [9.17, 15) is 22.4 Å². The molecular weight excluding hydrogens is 487 g/mol. The number of rotatable bonds is 3. The van der Waals surface area contributed by atoms with Gasteiger partial charge in [0.05, 0.1) is 29.9 Å². The summed E-state index contributed by atoms with van der Waals surface area (Å²) in [5, 5.41) is 0. The fraction of sp³-hybridized carbons (Fsp3) is 0.417. The number of amides is 1. The van der Waals surface area contributed by atoms with Gasteiger partial charge in [-0.1, -0.05) is 0 Å². The van der Waals surface area contributed by atoms with Crippen LogP contribution in [0.1, 0.15) is 52.8 Å². The molecule has 0 bridgehead atoms. The maximum atomic E-state index is 15.2. The molecule has 0 aliphatic carbocycles. The quantitative estimate of drug-likeness (QED) is 0.618. The Morgan fingerprint density at radius 1 is 1.22 bits per heavy atom. The first-order valence-electron chi connectivity index (χ1n) is 11.5.